The molecule has 23 heavy (non-hydrogen) atoms. The molecular formula is C18H22N2O2S. The van der Waals surface area contributed by atoms with E-state index in [2.05, 4.69) is 27.0 Å². The fourth-order valence-electron chi connectivity index (χ4n) is 2.89. The van der Waals surface area contributed by atoms with Crippen LogP contribution in [0.5, 0.6) is 0 Å². The number of nitrogens with one attached hydrogen (secondary N) is 1. The molecule has 1 aliphatic rings. The zero-order chi connectivity index (χ0) is 16.1. The van der Waals surface area contributed by atoms with Crippen molar-refractivity contribution in [3.63, 3.8) is 0 Å². The molecule has 4 nitrogen and oxygen atoms in total. The smallest absolute Gasteiger partial charge is 0.251 e. The summed E-state index contributed by atoms with van der Waals surface area (Å²) in [6, 6.07) is 10.0. The molecule has 0 unspecified atom stereocenters. The van der Waals surface area contributed by atoms with Gasteiger partial charge < -0.3 is 10.1 Å². The largest absolute Gasteiger partial charge is 0.379 e. The molecule has 0 spiro atoms. The van der Waals surface area contributed by atoms with E-state index in [1.165, 1.54) is 5.56 Å². The molecule has 2 aromatic rings. The molecule has 1 N–H and O–H groups in total. The monoisotopic (exact) mass is 330 g/mol. The first-order valence-electron chi connectivity index (χ1n) is 7.93. The third-order valence-electron chi connectivity index (χ3n) is 4.15. The molecule has 5 heteroatoms. The average molecular weight is 330 g/mol. The molecule has 0 aliphatic carbocycles. The molecule has 0 saturated carbocycles. The van der Waals surface area contributed by atoms with Crippen LogP contribution in [0.4, 0.5) is 0 Å². The zero-order valence-corrected chi connectivity index (χ0v) is 14.1. The van der Waals surface area contributed by atoms with Gasteiger partial charge in [0.1, 0.15) is 0 Å². The van der Waals surface area contributed by atoms with E-state index in [0.717, 1.165) is 37.4 Å². The van der Waals surface area contributed by atoms with Crippen LogP contribution in [0.2, 0.25) is 0 Å². The summed E-state index contributed by atoms with van der Waals surface area (Å²) in [6.45, 7) is 5.93. The Morgan fingerprint density at radius 1 is 1.35 bits per heavy atom. The topological polar surface area (TPSA) is 41.6 Å². The second-order valence-electron chi connectivity index (χ2n) is 5.80. The standard InChI is InChI=1S/C18H22N2O2S/c1-14-3-2-4-15(11-14)18(21)19-12-17(16-5-10-23-13-16)20-6-8-22-9-7-20/h2-5,10-11,13,17H,6-9,12H2,1H3,(H,19,21)/t17-/m1/s1. The Hall–Kier alpha value is -1.69. The zero-order valence-electron chi connectivity index (χ0n) is 13.3. The van der Waals surface area contributed by atoms with Gasteiger partial charge in [0.2, 0.25) is 0 Å². The third kappa shape index (κ3) is 4.19. The lowest BCUT2D eigenvalue weighted by Crippen LogP contribution is -2.43. The van der Waals surface area contributed by atoms with E-state index < -0.39 is 0 Å². The number of hydrogen-bond acceptors (Lipinski definition) is 4. The van der Waals surface area contributed by atoms with Crippen LogP contribution in [-0.4, -0.2) is 43.7 Å². The molecular weight excluding hydrogens is 308 g/mol. The minimum Gasteiger partial charge on any atom is -0.379 e. The quantitative estimate of drug-likeness (QED) is 0.916. The Morgan fingerprint density at radius 2 is 2.17 bits per heavy atom. The van der Waals surface area contributed by atoms with Gasteiger partial charge in [0.05, 0.1) is 19.3 Å². The van der Waals surface area contributed by atoms with Crippen molar-refractivity contribution in [2.75, 3.05) is 32.8 Å². The minimum absolute atomic E-state index is 0.0119. The summed E-state index contributed by atoms with van der Waals surface area (Å²) >= 11 is 1.69. The molecule has 0 radical (unpaired) electrons. The highest BCUT2D eigenvalue weighted by molar-refractivity contribution is 7.07. The molecule has 1 aromatic carbocycles. The van der Waals surface area contributed by atoms with Crippen molar-refractivity contribution in [1.82, 2.24) is 10.2 Å². The summed E-state index contributed by atoms with van der Waals surface area (Å²) in [5.41, 5.74) is 3.08. The summed E-state index contributed by atoms with van der Waals surface area (Å²) in [5, 5.41) is 7.35. The predicted molar refractivity (Wildman–Crippen MR) is 93.0 cm³/mol. The lowest BCUT2D eigenvalue weighted by atomic mass is 10.1. The van der Waals surface area contributed by atoms with Crippen molar-refractivity contribution in [3.05, 3.63) is 57.8 Å². The number of carbonyl (C=O) groups is 1. The van der Waals surface area contributed by atoms with Gasteiger partial charge >= 0.3 is 0 Å². The summed E-state index contributed by atoms with van der Waals surface area (Å²) in [4.78, 5) is 14.8. The lowest BCUT2D eigenvalue weighted by molar-refractivity contribution is 0.0163. The highest BCUT2D eigenvalue weighted by Gasteiger charge is 2.23. The number of nitrogens with zero attached hydrogens (tertiary/aromatic N) is 1. The maximum Gasteiger partial charge on any atom is 0.251 e. The van der Waals surface area contributed by atoms with Gasteiger partial charge in [-0.15, -0.1) is 0 Å². The van der Waals surface area contributed by atoms with E-state index in [4.69, 9.17) is 4.74 Å². The average Bonchev–Trinajstić information content (AvgIpc) is 3.10. The van der Waals surface area contributed by atoms with Gasteiger partial charge in [0.15, 0.2) is 0 Å². The summed E-state index contributed by atoms with van der Waals surface area (Å²) in [7, 11) is 0. The van der Waals surface area contributed by atoms with E-state index in [1.54, 1.807) is 11.3 Å². The maximum absolute atomic E-state index is 12.4. The van der Waals surface area contributed by atoms with Crippen molar-refractivity contribution in [1.29, 1.82) is 0 Å². The molecule has 0 bridgehead atoms. The number of benzene rings is 1. The molecule has 1 fully saturated rings. The predicted octanol–water partition coefficient (Wildman–Crippen LogP) is 2.86. The van der Waals surface area contributed by atoms with Crippen LogP contribution in [0.25, 0.3) is 0 Å². The molecule has 1 aromatic heterocycles. The van der Waals surface area contributed by atoms with Crippen LogP contribution in [0.1, 0.15) is 27.5 Å². The molecule has 122 valence electrons. The summed E-state index contributed by atoms with van der Waals surface area (Å²) in [6.07, 6.45) is 0. The van der Waals surface area contributed by atoms with Crippen molar-refractivity contribution in [2.45, 2.75) is 13.0 Å². The SMILES string of the molecule is Cc1cccc(C(=O)NC[C@H](c2ccsc2)N2CCOCC2)c1. The Labute approximate surface area is 141 Å². The molecule has 2 heterocycles. The van der Waals surface area contributed by atoms with Crippen LogP contribution < -0.4 is 5.32 Å². The van der Waals surface area contributed by atoms with Gasteiger partial charge in [-0.3, -0.25) is 9.69 Å². The number of aryl methyl sites for hydroxylation is 1. The van der Waals surface area contributed by atoms with E-state index in [9.17, 15) is 4.79 Å². The van der Waals surface area contributed by atoms with Crippen LogP contribution >= 0.6 is 11.3 Å². The van der Waals surface area contributed by atoms with E-state index in [-0.39, 0.29) is 11.9 Å². The number of carbonyl (C=O) groups excluding carboxylic acids is 1. The molecule has 1 amide bonds. The van der Waals surface area contributed by atoms with Crippen LogP contribution in [0.15, 0.2) is 41.1 Å². The number of rotatable bonds is 5. The van der Waals surface area contributed by atoms with Gasteiger partial charge in [-0.1, -0.05) is 17.7 Å². The molecule has 1 saturated heterocycles. The van der Waals surface area contributed by atoms with Crippen molar-refractivity contribution in [2.24, 2.45) is 0 Å². The first-order chi connectivity index (χ1) is 11.2. The Bertz CT molecular complexity index is 636. The minimum atomic E-state index is -0.0119. The van der Waals surface area contributed by atoms with E-state index in [0.29, 0.717) is 6.54 Å². The Balaban J connectivity index is 1.67. The second-order valence-corrected chi connectivity index (χ2v) is 6.58. The Kier molecular flexibility index (Phi) is 5.43. The number of morpholine rings is 1. The van der Waals surface area contributed by atoms with Gasteiger partial charge in [-0.05, 0) is 41.4 Å². The maximum atomic E-state index is 12.4. The summed E-state index contributed by atoms with van der Waals surface area (Å²) < 4.78 is 5.45. The van der Waals surface area contributed by atoms with E-state index in [1.807, 2.05) is 31.2 Å². The van der Waals surface area contributed by atoms with Crippen LogP contribution in [0.3, 0.4) is 0 Å². The first-order valence-corrected chi connectivity index (χ1v) is 8.87. The van der Waals surface area contributed by atoms with Gasteiger partial charge in [-0.2, -0.15) is 11.3 Å². The van der Waals surface area contributed by atoms with Gasteiger partial charge in [0.25, 0.3) is 5.91 Å². The fraction of sp³-hybridized carbons (Fsp3) is 0.389. The highest BCUT2D eigenvalue weighted by Crippen LogP contribution is 2.23. The van der Waals surface area contributed by atoms with Gasteiger partial charge in [-0.25, -0.2) is 0 Å². The van der Waals surface area contributed by atoms with E-state index >= 15 is 0 Å². The lowest BCUT2D eigenvalue weighted by Gasteiger charge is -2.34. The highest BCUT2D eigenvalue weighted by atomic mass is 32.1. The first kappa shape index (κ1) is 16.2. The number of ether oxygens (including phenoxy) is 1. The van der Waals surface area contributed by atoms with Crippen LogP contribution in [0, 0.1) is 6.92 Å². The Morgan fingerprint density at radius 3 is 2.87 bits per heavy atom. The van der Waals surface area contributed by atoms with Crippen molar-refractivity contribution in [3.8, 4) is 0 Å². The second kappa shape index (κ2) is 7.73. The molecule has 1 aliphatic heterocycles. The van der Waals surface area contributed by atoms with Crippen molar-refractivity contribution < 1.29 is 9.53 Å². The fourth-order valence-corrected chi connectivity index (χ4v) is 3.60. The summed E-state index contributed by atoms with van der Waals surface area (Å²) in [5.74, 6) is -0.0119. The molecule has 1 atom stereocenters. The normalized spacial score (nSPS) is 16.9. The number of hydrogen-bond donors (Lipinski definition) is 1. The molecule has 3 rings (SSSR count). The third-order valence-corrected chi connectivity index (χ3v) is 4.85. The number of thiophene rings is 1. The number of amides is 1. The van der Waals surface area contributed by atoms with Crippen molar-refractivity contribution >= 4 is 17.2 Å². The van der Waals surface area contributed by atoms with Crippen LogP contribution in [-0.2, 0) is 4.74 Å². The van der Waals surface area contributed by atoms with Gasteiger partial charge in [0, 0.05) is 25.2 Å².